The lowest BCUT2D eigenvalue weighted by molar-refractivity contribution is -0.129. The van der Waals surface area contributed by atoms with Crippen molar-refractivity contribution in [3.63, 3.8) is 0 Å². The van der Waals surface area contributed by atoms with Crippen molar-refractivity contribution in [1.82, 2.24) is 20.1 Å². The molecule has 2 aromatic heterocycles. The maximum atomic E-state index is 13.3. The van der Waals surface area contributed by atoms with Crippen molar-refractivity contribution < 1.29 is 9.18 Å². The minimum Gasteiger partial charge on any atom is -0.369 e. The van der Waals surface area contributed by atoms with E-state index in [1.807, 2.05) is 0 Å². The first-order valence-corrected chi connectivity index (χ1v) is 9.06. The number of halogens is 2. The molecular formula is C20H16ClFN6O. The van der Waals surface area contributed by atoms with E-state index in [9.17, 15) is 9.18 Å². The number of guanidine groups is 1. The van der Waals surface area contributed by atoms with E-state index in [4.69, 9.17) is 17.3 Å². The number of pyridine rings is 1. The van der Waals surface area contributed by atoms with Crippen molar-refractivity contribution in [3.05, 3.63) is 76.8 Å². The second kappa shape index (κ2) is 7.21. The number of alkyl halides is 1. The highest BCUT2D eigenvalue weighted by atomic mass is 35.5. The van der Waals surface area contributed by atoms with E-state index in [1.54, 1.807) is 49.8 Å². The number of hydrogen-bond donors (Lipinski definition) is 1. The predicted molar refractivity (Wildman–Crippen MR) is 107 cm³/mol. The molecule has 1 aromatic carbocycles. The van der Waals surface area contributed by atoms with Crippen LogP contribution in [0, 0.1) is 0 Å². The quantitative estimate of drug-likeness (QED) is 0.713. The molecule has 29 heavy (non-hydrogen) atoms. The topological polar surface area (TPSA) is 97.4 Å². The van der Waals surface area contributed by atoms with Crippen LogP contribution in [0.1, 0.15) is 16.8 Å². The molecule has 0 radical (unpaired) electrons. The summed E-state index contributed by atoms with van der Waals surface area (Å²) in [6.45, 7) is -0.767. The van der Waals surface area contributed by atoms with Gasteiger partial charge in [-0.05, 0) is 53.1 Å². The van der Waals surface area contributed by atoms with Crippen LogP contribution in [0.5, 0.6) is 0 Å². The summed E-state index contributed by atoms with van der Waals surface area (Å²) in [6, 6.07) is 10.1. The molecule has 0 bridgehead atoms. The van der Waals surface area contributed by atoms with Gasteiger partial charge in [0.25, 0.3) is 5.91 Å². The van der Waals surface area contributed by atoms with Gasteiger partial charge in [-0.25, -0.2) is 9.38 Å². The highest BCUT2D eigenvalue weighted by Crippen LogP contribution is 2.41. The lowest BCUT2D eigenvalue weighted by Crippen LogP contribution is -2.41. The first kappa shape index (κ1) is 18.9. The number of likely N-dealkylation sites (N-methyl/N-ethyl adjacent to an activating group) is 1. The van der Waals surface area contributed by atoms with Gasteiger partial charge in [-0.3, -0.25) is 14.7 Å². The number of aliphatic imine (C=N–C) groups is 1. The summed E-state index contributed by atoms with van der Waals surface area (Å²) >= 11 is 6.39. The van der Waals surface area contributed by atoms with Gasteiger partial charge in [-0.15, -0.1) is 0 Å². The Morgan fingerprint density at radius 2 is 1.93 bits per heavy atom. The lowest BCUT2D eigenvalue weighted by Gasteiger charge is -2.27. The number of rotatable bonds is 4. The number of carbonyl (C=O) groups excluding carboxylic acids is 1. The summed E-state index contributed by atoms with van der Waals surface area (Å²) in [6.07, 6.45) is 4.60. The van der Waals surface area contributed by atoms with Crippen molar-refractivity contribution >= 4 is 23.5 Å². The molecule has 7 nitrogen and oxygen atoms in total. The minimum atomic E-state index is -1.49. The molecule has 1 unspecified atom stereocenters. The number of nitrogens with zero attached hydrogens (tertiary/aromatic N) is 5. The Bertz CT molecular complexity index is 1120. The third-order valence-corrected chi connectivity index (χ3v) is 5.06. The van der Waals surface area contributed by atoms with Gasteiger partial charge in [0, 0.05) is 23.8 Å². The highest BCUT2D eigenvalue weighted by molar-refractivity contribution is 6.31. The van der Waals surface area contributed by atoms with Crippen molar-refractivity contribution in [2.45, 2.75) is 12.2 Å². The first-order chi connectivity index (χ1) is 14.0. The molecule has 1 aliphatic rings. The monoisotopic (exact) mass is 410 g/mol. The van der Waals surface area contributed by atoms with E-state index in [0.717, 1.165) is 11.1 Å². The molecule has 0 fully saturated rings. The van der Waals surface area contributed by atoms with Crippen LogP contribution in [-0.4, -0.2) is 39.0 Å². The molecule has 3 heterocycles. The SMILES string of the molecule is CN1C(=O)C(c2cc(Cl)cc(-c3ccnnc3)c2)(c2ccnc(CF)c2)N=C1N. The Morgan fingerprint density at radius 1 is 1.10 bits per heavy atom. The molecule has 0 saturated carbocycles. The minimum absolute atomic E-state index is 0.0562. The smallest absolute Gasteiger partial charge is 0.266 e. The third-order valence-electron chi connectivity index (χ3n) is 4.84. The van der Waals surface area contributed by atoms with E-state index in [2.05, 4.69) is 20.2 Å². The number of hydrogen-bond acceptors (Lipinski definition) is 6. The van der Waals surface area contributed by atoms with Gasteiger partial charge in [0.2, 0.25) is 0 Å². The van der Waals surface area contributed by atoms with Crippen LogP contribution in [0.2, 0.25) is 5.02 Å². The molecule has 0 saturated heterocycles. The van der Waals surface area contributed by atoms with E-state index in [0.29, 0.717) is 16.1 Å². The molecule has 0 spiro atoms. The fraction of sp³-hybridized carbons (Fsp3) is 0.150. The number of benzene rings is 1. The van der Waals surface area contributed by atoms with Gasteiger partial charge in [-0.2, -0.15) is 10.2 Å². The average Bonchev–Trinajstić information content (AvgIpc) is 2.99. The van der Waals surface area contributed by atoms with Crippen molar-refractivity contribution in [2.24, 2.45) is 10.7 Å². The van der Waals surface area contributed by atoms with Gasteiger partial charge in [0.1, 0.15) is 6.67 Å². The maximum Gasteiger partial charge on any atom is 0.266 e. The molecular weight excluding hydrogens is 395 g/mol. The largest absolute Gasteiger partial charge is 0.369 e. The average molecular weight is 411 g/mol. The van der Waals surface area contributed by atoms with Gasteiger partial charge < -0.3 is 5.73 Å². The molecule has 3 aromatic rings. The molecule has 9 heteroatoms. The zero-order valence-electron chi connectivity index (χ0n) is 15.4. The first-order valence-electron chi connectivity index (χ1n) is 8.68. The molecule has 1 amide bonds. The standard InChI is InChI=1S/C20H16ClFN6O/c1-28-18(29)20(27-19(28)23,14-3-4-24-17(9-14)10-22)15-6-13(7-16(21)8-15)12-2-5-25-26-11-12/h2-9,11H,10H2,1H3,(H2,23,27). The number of carbonyl (C=O) groups is 1. The summed E-state index contributed by atoms with van der Waals surface area (Å²) in [5, 5.41) is 8.08. The fourth-order valence-corrected chi connectivity index (χ4v) is 3.62. The van der Waals surface area contributed by atoms with Gasteiger partial charge in [0.05, 0.1) is 18.1 Å². The molecule has 2 N–H and O–H groups in total. The number of aromatic nitrogens is 3. The molecule has 146 valence electrons. The zero-order valence-corrected chi connectivity index (χ0v) is 16.1. The van der Waals surface area contributed by atoms with Gasteiger partial charge in [0.15, 0.2) is 11.5 Å². The molecule has 4 rings (SSSR count). The Balaban J connectivity index is 1.99. The van der Waals surface area contributed by atoms with E-state index < -0.39 is 12.2 Å². The van der Waals surface area contributed by atoms with Crippen LogP contribution in [0.15, 0.2) is 60.0 Å². The second-order valence-electron chi connectivity index (χ2n) is 6.57. The van der Waals surface area contributed by atoms with E-state index in [-0.39, 0.29) is 17.6 Å². The zero-order chi connectivity index (χ0) is 20.6. The number of nitrogens with two attached hydrogens (primary N) is 1. The Labute approximate surface area is 171 Å². The van der Waals surface area contributed by atoms with Crippen molar-refractivity contribution in [1.29, 1.82) is 0 Å². The van der Waals surface area contributed by atoms with E-state index >= 15 is 0 Å². The summed E-state index contributed by atoms with van der Waals surface area (Å²) < 4.78 is 13.3. The summed E-state index contributed by atoms with van der Waals surface area (Å²) in [7, 11) is 1.54. The van der Waals surface area contributed by atoms with Gasteiger partial charge in [-0.1, -0.05) is 11.6 Å². The van der Waals surface area contributed by atoms with Crippen LogP contribution in [-0.2, 0) is 17.0 Å². The number of amides is 1. The summed E-state index contributed by atoms with van der Waals surface area (Å²) in [5.41, 5.74) is 7.16. The van der Waals surface area contributed by atoms with E-state index in [1.165, 1.54) is 17.2 Å². The van der Waals surface area contributed by atoms with Crippen LogP contribution >= 0.6 is 11.6 Å². The predicted octanol–water partition coefficient (Wildman–Crippen LogP) is 2.69. The Morgan fingerprint density at radius 3 is 2.59 bits per heavy atom. The Hall–Kier alpha value is -3.39. The third kappa shape index (κ3) is 3.11. The van der Waals surface area contributed by atoms with Crippen LogP contribution in [0.4, 0.5) is 4.39 Å². The summed E-state index contributed by atoms with van der Waals surface area (Å²) in [5.74, 6) is -0.312. The Kier molecular flexibility index (Phi) is 4.71. The summed E-state index contributed by atoms with van der Waals surface area (Å²) in [4.78, 5) is 23.1. The van der Waals surface area contributed by atoms with Crippen LogP contribution < -0.4 is 5.73 Å². The highest BCUT2D eigenvalue weighted by Gasteiger charge is 2.50. The molecule has 1 atom stereocenters. The van der Waals surface area contributed by atoms with Crippen LogP contribution in [0.3, 0.4) is 0 Å². The van der Waals surface area contributed by atoms with Crippen molar-refractivity contribution in [3.8, 4) is 11.1 Å². The molecule has 1 aliphatic heterocycles. The lowest BCUT2D eigenvalue weighted by atomic mass is 9.82. The normalized spacial score (nSPS) is 18.8. The van der Waals surface area contributed by atoms with Crippen LogP contribution in [0.25, 0.3) is 11.1 Å². The van der Waals surface area contributed by atoms with Gasteiger partial charge >= 0.3 is 0 Å². The van der Waals surface area contributed by atoms with Crippen molar-refractivity contribution in [2.75, 3.05) is 7.05 Å². The fourth-order valence-electron chi connectivity index (χ4n) is 3.39. The second-order valence-corrected chi connectivity index (χ2v) is 7.01. The maximum absolute atomic E-state index is 13.3. The molecule has 0 aliphatic carbocycles.